The van der Waals surface area contributed by atoms with Crippen LogP contribution in [-0.2, 0) is 6.54 Å². The predicted octanol–water partition coefficient (Wildman–Crippen LogP) is 1.37. The molecule has 1 rings (SSSR count). The molecule has 0 bridgehead atoms. The minimum absolute atomic E-state index is 0.0110. The molecule has 0 heterocycles. The van der Waals surface area contributed by atoms with Crippen molar-refractivity contribution in [2.24, 2.45) is 5.92 Å². The zero-order chi connectivity index (χ0) is 15.7. The summed E-state index contributed by atoms with van der Waals surface area (Å²) in [4.78, 5) is 22.3. The van der Waals surface area contributed by atoms with Gasteiger partial charge >= 0.3 is 12.0 Å². The minimum atomic E-state index is -0.982. The van der Waals surface area contributed by atoms with Gasteiger partial charge in [-0.05, 0) is 24.1 Å². The lowest BCUT2D eigenvalue weighted by molar-refractivity contribution is 0.0697. The van der Waals surface area contributed by atoms with Gasteiger partial charge in [-0.15, -0.1) is 6.58 Å². The summed E-state index contributed by atoms with van der Waals surface area (Å²) in [5, 5.41) is 23.2. The van der Waals surface area contributed by atoms with E-state index in [4.69, 9.17) is 10.2 Å². The molecule has 0 radical (unpaired) electrons. The SMILES string of the molecule is C=CCC(CO)CNC(=O)NCc1ccc(C(=O)O)cc1. The average molecular weight is 292 g/mol. The number of carbonyl (C=O) groups is 2. The highest BCUT2D eigenvalue weighted by Gasteiger charge is 2.08. The maximum atomic E-state index is 11.6. The number of rotatable bonds is 8. The number of hydrogen-bond acceptors (Lipinski definition) is 3. The summed E-state index contributed by atoms with van der Waals surface area (Å²) in [5.74, 6) is -1.02. The van der Waals surface area contributed by atoms with E-state index in [1.54, 1.807) is 18.2 Å². The van der Waals surface area contributed by atoms with Crippen molar-refractivity contribution in [3.8, 4) is 0 Å². The lowest BCUT2D eigenvalue weighted by atomic mass is 10.1. The number of carboxylic acid groups (broad SMARTS) is 1. The number of benzene rings is 1. The van der Waals surface area contributed by atoms with E-state index in [0.717, 1.165) is 5.56 Å². The first-order valence-corrected chi connectivity index (χ1v) is 6.62. The third-order valence-electron chi connectivity index (χ3n) is 2.96. The van der Waals surface area contributed by atoms with Gasteiger partial charge in [0, 0.05) is 25.6 Å². The van der Waals surface area contributed by atoms with E-state index in [2.05, 4.69) is 17.2 Å². The molecule has 1 aromatic rings. The Bertz CT molecular complexity index is 485. The van der Waals surface area contributed by atoms with Gasteiger partial charge in [0.15, 0.2) is 0 Å². The first-order valence-electron chi connectivity index (χ1n) is 6.62. The number of amides is 2. The van der Waals surface area contributed by atoms with Crippen molar-refractivity contribution in [3.63, 3.8) is 0 Å². The number of aliphatic hydroxyl groups is 1. The predicted molar refractivity (Wildman–Crippen MR) is 79.0 cm³/mol. The van der Waals surface area contributed by atoms with Crippen LogP contribution < -0.4 is 10.6 Å². The van der Waals surface area contributed by atoms with Crippen molar-refractivity contribution in [2.75, 3.05) is 13.2 Å². The van der Waals surface area contributed by atoms with Crippen LogP contribution in [0.3, 0.4) is 0 Å². The van der Waals surface area contributed by atoms with Crippen LogP contribution in [0.15, 0.2) is 36.9 Å². The first kappa shape index (κ1) is 16.7. The maximum absolute atomic E-state index is 11.6. The number of allylic oxidation sites excluding steroid dienone is 1. The molecule has 2 amide bonds. The Morgan fingerprint density at radius 3 is 2.43 bits per heavy atom. The Balaban J connectivity index is 2.35. The Morgan fingerprint density at radius 1 is 1.24 bits per heavy atom. The molecule has 6 nitrogen and oxygen atoms in total. The van der Waals surface area contributed by atoms with E-state index in [9.17, 15) is 9.59 Å². The van der Waals surface area contributed by atoms with Crippen LogP contribution in [0, 0.1) is 5.92 Å². The number of carboxylic acids is 1. The highest BCUT2D eigenvalue weighted by molar-refractivity contribution is 5.87. The Morgan fingerprint density at radius 2 is 1.90 bits per heavy atom. The molecule has 0 aromatic heterocycles. The van der Waals surface area contributed by atoms with Crippen molar-refractivity contribution in [1.29, 1.82) is 0 Å². The van der Waals surface area contributed by atoms with Gasteiger partial charge in [-0.25, -0.2) is 9.59 Å². The van der Waals surface area contributed by atoms with Gasteiger partial charge in [0.25, 0.3) is 0 Å². The number of nitrogens with one attached hydrogen (secondary N) is 2. The molecule has 1 aromatic carbocycles. The molecule has 0 saturated carbocycles. The third kappa shape index (κ3) is 6.09. The van der Waals surface area contributed by atoms with Gasteiger partial charge in [0.05, 0.1) is 5.56 Å². The number of urea groups is 1. The second-order valence-corrected chi connectivity index (χ2v) is 4.64. The van der Waals surface area contributed by atoms with Crippen molar-refractivity contribution in [2.45, 2.75) is 13.0 Å². The second-order valence-electron chi connectivity index (χ2n) is 4.64. The zero-order valence-corrected chi connectivity index (χ0v) is 11.7. The van der Waals surface area contributed by atoms with Crippen LogP contribution in [-0.4, -0.2) is 35.4 Å². The molecule has 0 aliphatic carbocycles. The molecular weight excluding hydrogens is 272 g/mol. The van der Waals surface area contributed by atoms with Gasteiger partial charge in [0.2, 0.25) is 0 Å². The minimum Gasteiger partial charge on any atom is -0.478 e. The fraction of sp³-hybridized carbons (Fsp3) is 0.333. The molecule has 0 spiro atoms. The summed E-state index contributed by atoms with van der Waals surface area (Å²) in [5.41, 5.74) is 1.01. The van der Waals surface area contributed by atoms with Gasteiger partial charge in [-0.3, -0.25) is 0 Å². The molecule has 1 atom stereocenters. The topological polar surface area (TPSA) is 98.7 Å². The van der Waals surface area contributed by atoms with Crippen LogP contribution in [0.25, 0.3) is 0 Å². The maximum Gasteiger partial charge on any atom is 0.335 e. The Labute approximate surface area is 123 Å². The van der Waals surface area contributed by atoms with Crippen molar-refractivity contribution < 1.29 is 19.8 Å². The van der Waals surface area contributed by atoms with Crippen molar-refractivity contribution in [3.05, 3.63) is 48.0 Å². The number of carbonyl (C=O) groups excluding carboxylic acids is 1. The Hall–Kier alpha value is -2.34. The molecule has 114 valence electrons. The highest BCUT2D eigenvalue weighted by atomic mass is 16.4. The van der Waals surface area contributed by atoms with E-state index in [-0.39, 0.29) is 24.1 Å². The fourth-order valence-corrected chi connectivity index (χ4v) is 1.71. The summed E-state index contributed by atoms with van der Waals surface area (Å²) < 4.78 is 0. The molecule has 0 saturated heterocycles. The zero-order valence-electron chi connectivity index (χ0n) is 11.7. The van der Waals surface area contributed by atoms with Gasteiger partial charge in [-0.2, -0.15) is 0 Å². The fourth-order valence-electron chi connectivity index (χ4n) is 1.71. The summed E-state index contributed by atoms with van der Waals surface area (Å²) >= 11 is 0. The summed E-state index contributed by atoms with van der Waals surface area (Å²) in [6, 6.07) is 5.95. The van der Waals surface area contributed by atoms with Gasteiger partial charge < -0.3 is 20.8 Å². The quantitative estimate of drug-likeness (QED) is 0.544. The standard InChI is InChI=1S/C15H20N2O4/c1-2-3-12(10-18)9-17-15(21)16-8-11-4-6-13(7-5-11)14(19)20/h2,4-7,12,18H,1,3,8-10H2,(H,19,20)(H2,16,17,21). The number of hydrogen-bond donors (Lipinski definition) is 4. The first-order chi connectivity index (χ1) is 10.1. The van der Waals surface area contributed by atoms with Crippen LogP contribution in [0.2, 0.25) is 0 Å². The van der Waals surface area contributed by atoms with Crippen molar-refractivity contribution in [1.82, 2.24) is 10.6 Å². The molecule has 0 aliphatic rings. The molecule has 0 aliphatic heterocycles. The van der Waals surface area contributed by atoms with E-state index in [1.807, 2.05) is 0 Å². The Kier molecular flexibility index (Phi) is 6.97. The lowest BCUT2D eigenvalue weighted by Gasteiger charge is -2.13. The molecule has 4 N–H and O–H groups in total. The largest absolute Gasteiger partial charge is 0.478 e. The number of aromatic carboxylic acids is 1. The lowest BCUT2D eigenvalue weighted by Crippen LogP contribution is -2.38. The summed E-state index contributed by atoms with van der Waals surface area (Å²) in [7, 11) is 0. The van der Waals surface area contributed by atoms with E-state index >= 15 is 0 Å². The van der Waals surface area contributed by atoms with Gasteiger partial charge in [0.1, 0.15) is 0 Å². The average Bonchev–Trinajstić information content (AvgIpc) is 2.49. The monoisotopic (exact) mass is 292 g/mol. The van der Waals surface area contributed by atoms with Crippen LogP contribution in [0.1, 0.15) is 22.3 Å². The van der Waals surface area contributed by atoms with Gasteiger partial charge in [-0.1, -0.05) is 18.2 Å². The van der Waals surface area contributed by atoms with E-state index in [0.29, 0.717) is 19.5 Å². The molecule has 21 heavy (non-hydrogen) atoms. The molecular formula is C15H20N2O4. The third-order valence-corrected chi connectivity index (χ3v) is 2.96. The van der Waals surface area contributed by atoms with Crippen LogP contribution >= 0.6 is 0 Å². The normalized spacial score (nSPS) is 11.5. The van der Waals surface area contributed by atoms with Crippen LogP contribution in [0.5, 0.6) is 0 Å². The highest BCUT2D eigenvalue weighted by Crippen LogP contribution is 2.04. The second kappa shape index (κ2) is 8.76. The molecule has 1 unspecified atom stereocenters. The smallest absolute Gasteiger partial charge is 0.335 e. The summed E-state index contributed by atoms with van der Waals surface area (Å²) in [6.45, 7) is 4.25. The number of aliphatic hydroxyl groups excluding tert-OH is 1. The molecule has 0 fully saturated rings. The van der Waals surface area contributed by atoms with E-state index < -0.39 is 5.97 Å². The van der Waals surface area contributed by atoms with Crippen molar-refractivity contribution >= 4 is 12.0 Å². The summed E-state index contributed by atoms with van der Waals surface area (Å²) in [6.07, 6.45) is 2.33. The molecule has 6 heteroatoms. The van der Waals surface area contributed by atoms with Crippen LogP contribution in [0.4, 0.5) is 4.79 Å². The van der Waals surface area contributed by atoms with E-state index in [1.165, 1.54) is 12.1 Å².